The molecule has 25 heavy (non-hydrogen) atoms. The maximum Gasteiger partial charge on any atom is 0.242 e. The topological polar surface area (TPSA) is 79.2 Å². The fourth-order valence-corrected chi connectivity index (χ4v) is 4.70. The van der Waals surface area contributed by atoms with E-state index >= 15 is 0 Å². The highest BCUT2D eigenvalue weighted by Crippen LogP contribution is 2.30. The number of nitrogens with zero attached hydrogens (tertiary/aromatic N) is 1. The van der Waals surface area contributed by atoms with Crippen LogP contribution in [0.15, 0.2) is 11.0 Å². The largest absolute Gasteiger partial charge is 0.496 e. The van der Waals surface area contributed by atoms with Crippen LogP contribution in [0, 0.1) is 32.1 Å². The van der Waals surface area contributed by atoms with Gasteiger partial charge in [0.25, 0.3) is 0 Å². The summed E-state index contributed by atoms with van der Waals surface area (Å²) < 4.78 is 33.5. The summed E-state index contributed by atoms with van der Waals surface area (Å²) >= 11 is 0. The van der Waals surface area contributed by atoms with Crippen molar-refractivity contribution >= 4 is 10.0 Å². The second kappa shape index (κ2) is 9.79. The lowest BCUT2D eigenvalue weighted by atomic mass is 10.1. The Morgan fingerprint density at radius 1 is 1.16 bits per heavy atom. The molecule has 0 fully saturated rings. The lowest BCUT2D eigenvalue weighted by Gasteiger charge is -2.18. The van der Waals surface area contributed by atoms with Crippen molar-refractivity contribution in [3.05, 3.63) is 22.8 Å². The van der Waals surface area contributed by atoms with Gasteiger partial charge in [-0.15, -0.1) is 0 Å². The maximum absolute atomic E-state index is 12.8. The number of unbranched alkanes of at least 4 members (excludes halogenated alkanes) is 4. The number of hydrogen-bond acceptors (Lipinski definition) is 4. The van der Waals surface area contributed by atoms with Crippen molar-refractivity contribution in [3.63, 3.8) is 0 Å². The van der Waals surface area contributed by atoms with Gasteiger partial charge in [-0.3, -0.25) is 0 Å². The van der Waals surface area contributed by atoms with Gasteiger partial charge in [0.2, 0.25) is 10.0 Å². The van der Waals surface area contributed by atoms with Crippen LogP contribution in [0.4, 0.5) is 0 Å². The van der Waals surface area contributed by atoms with Crippen LogP contribution in [0.5, 0.6) is 5.75 Å². The summed E-state index contributed by atoms with van der Waals surface area (Å²) in [5.41, 5.74) is 2.07. The lowest BCUT2D eigenvalue weighted by Crippen LogP contribution is -2.34. The molecule has 0 spiro atoms. The Morgan fingerprint density at radius 3 is 2.36 bits per heavy atom. The van der Waals surface area contributed by atoms with Crippen molar-refractivity contribution in [2.45, 2.75) is 77.2 Å². The number of sulfonamides is 1. The number of benzene rings is 1. The summed E-state index contributed by atoms with van der Waals surface area (Å²) in [6.07, 6.45) is 5.86. The highest BCUT2D eigenvalue weighted by molar-refractivity contribution is 7.89. The van der Waals surface area contributed by atoms with Crippen LogP contribution in [0.1, 0.15) is 62.1 Å². The minimum Gasteiger partial charge on any atom is -0.496 e. The molecule has 0 heterocycles. The van der Waals surface area contributed by atoms with Gasteiger partial charge >= 0.3 is 0 Å². The van der Waals surface area contributed by atoms with E-state index in [9.17, 15) is 13.7 Å². The fourth-order valence-electron chi connectivity index (χ4n) is 2.99. The number of rotatable bonds is 10. The van der Waals surface area contributed by atoms with Gasteiger partial charge < -0.3 is 4.74 Å². The molecule has 0 unspecified atom stereocenters. The Hall–Kier alpha value is -1.58. The van der Waals surface area contributed by atoms with Crippen molar-refractivity contribution in [1.29, 1.82) is 5.26 Å². The first-order valence-electron chi connectivity index (χ1n) is 8.85. The molecule has 0 amide bonds. The zero-order valence-electron chi connectivity index (χ0n) is 16.0. The zero-order chi connectivity index (χ0) is 19.0. The first-order valence-corrected chi connectivity index (χ1v) is 10.3. The zero-order valence-corrected chi connectivity index (χ0v) is 16.8. The van der Waals surface area contributed by atoms with Gasteiger partial charge in [-0.05, 0) is 49.9 Å². The SMILES string of the molecule is CCCCCCC[C@@H](C#N)NS(=O)(=O)c1c(C)cc(OC)c(C)c1C. The van der Waals surface area contributed by atoms with Crippen LogP contribution in [0.3, 0.4) is 0 Å². The molecule has 1 N–H and O–H groups in total. The summed E-state index contributed by atoms with van der Waals surface area (Å²) in [6, 6.07) is 3.10. The molecule has 0 radical (unpaired) electrons. The number of methoxy groups -OCH3 is 1. The van der Waals surface area contributed by atoms with E-state index in [-0.39, 0.29) is 4.90 Å². The van der Waals surface area contributed by atoms with Crippen LogP contribution in [0.2, 0.25) is 0 Å². The third-order valence-corrected chi connectivity index (χ3v) is 6.28. The van der Waals surface area contributed by atoms with Gasteiger partial charge in [0.05, 0.1) is 18.1 Å². The molecule has 6 heteroatoms. The third-order valence-electron chi connectivity index (χ3n) is 4.52. The van der Waals surface area contributed by atoms with Crippen LogP contribution in [-0.2, 0) is 10.0 Å². The Labute approximate surface area is 152 Å². The number of aryl methyl sites for hydroxylation is 1. The molecule has 1 rings (SSSR count). The average molecular weight is 367 g/mol. The van der Waals surface area contributed by atoms with Gasteiger partial charge in [0.1, 0.15) is 11.8 Å². The molecule has 5 nitrogen and oxygen atoms in total. The van der Waals surface area contributed by atoms with E-state index in [1.54, 1.807) is 27.0 Å². The van der Waals surface area contributed by atoms with E-state index in [2.05, 4.69) is 17.7 Å². The van der Waals surface area contributed by atoms with Gasteiger partial charge in [0, 0.05) is 0 Å². The first kappa shape index (κ1) is 21.5. The van der Waals surface area contributed by atoms with Gasteiger partial charge in [0.15, 0.2) is 0 Å². The molecule has 1 aromatic carbocycles. The standard InChI is InChI=1S/C19H30N2O3S/c1-6-7-8-9-10-11-17(13-20)21-25(22,23)19-14(2)12-18(24-5)15(3)16(19)4/h12,17,21H,6-11H2,1-5H3/t17-/m0/s1. The molecule has 0 aliphatic heterocycles. The average Bonchev–Trinajstić information content (AvgIpc) is 2.56. The third kappa shape index (κ3) is 5.72. The highest BCUT2D eigenvalue weighted by atomic mass is 32.2. The summed E-state index contributed by atoms with van der Waals surface area (Å²) in [4.78, 5) is 0.247. The molecule has 1 aromatic rings. The minimum atomic E-state index is -3.76. The maximum atomic E-state index is 12.8. The fraction of sp³-hybridized carbons (Fsp3) is 0.632. The Balaban J connectivity index is 2.94. The molecule has 0 aromatic heterocycles. The summed E-state index contributed by atoms with van der Waals surface area (Å²) in [6.45, 7) is 7.50. The molecule has 0 aliphatic rings. The number of hydrogen-bond donors (Lipinski definition) is 1. The molecule has 1 atom stereocenters. The predicted octanol–water partition coefficient (Wildman–Crippen LogP) is 4.15. The Kier molecular flexibility index (Phi) is 8.40. The number of nitriles is 1. The van der Waals surface area contributed by atoms with Crippen molar-refractivity contribution in [3.8, 4) is 11.8 Å². The quantitative estimate of drug-likeness (QED) is 0.631. The van der Waals surface area contributed by atoms with Crippen molar-refractivity contribution in [2.75, 3.05) is 7.11 Å². The molecule has 0 bridgehead atoms. The van der Waals surface area contributed by atoms with Crippen LogP contribution < -0.4 is 9.46 Å². The van der Waals surface area contributed by atoms with Gasteiger partial charge in [-0.1, -0.05) is 39.0 Å². The minimum absolute atomic E-state index is 0.247. The van der Waals surface area contributed by atoms with E-state index in [1.165, 1.54) is 6.42 Å². The number of nitrogens with one attached hydrogen (secondary N) is 1. The lowest BCUT2D eigenvalue weighted by molar-refractivity contribution is 0.410. The predicted molar refractivity (Wildman–Crippen MR) is 100 cm³/mol. The van der Waals surface area contributed by atoms with E-state index < -0.39 is 16.1 Å². The van der Waals surface area contributed by atoms with E-state index in [0.29, 0.717) is 23.3 Å². The second-order valence-electron chi connectivity index (χ2n) is 6.48. The van der Waals surface area contributed by atoms with E-state index in [0.717, 1.165) is 31.2 Å². The Bertz CT molecular complexity index is 721. The second-order valence-corrected chi connectivity index (χ2v) is 8.13. The van der Waals surface area contributed by atoms with Crippen molar-refractivity contribution < 1.29 is 13.2 Å². The van der Waals surface area contributed by atoms with Crippen LogP contribution in [-0.4, -0.2) is 21.6 Å². The summed E-state index contributed by atoms with van der Waals surface area (Å²) in [7, 11) is -2.19. The first-order chi connectivity index (χ1) is 11.8. The molecule has 0 saturated carbocycles. The molecule has 0 aliphatic carbocycles. The smallest absolute Gasteiger partial charge is 0.242 e. The van der Waals surface area contributed by atoms with Crippen molar-refractivity contribution in [2.24, 2.45) is 0 Å². The normalized spacial score (nSPS) is 12.6. The molecular weight excluding hydrogens is 336 g/mol. The highest BCUT2D eigenvalue weighted by Gasteiger charge is 2.25. The van der Waals surface area contributed by atoms with Crippen LogP contribution in [0.25, 0.3) is 0 Å². The van der Waals surface area contributed by atoms with E-state index in [1.807, 2.05) is 6.92 Å². The molecule has 0 saturated heterocycles. The summed E-state index contributed by atoms with van der Waals surface area (Å²) in [5, 5.41) is 9.32. The molecular formula is C19H30N2O3S. The van der Waals surface area contributed by atoms with Gasteiger partial charge in [-0.25, -0.2) is 8.42 Å². The summed E-state index contributed by atoms with van der Waals surface area (Å²) in [5.74, 6) is 0.668. The van der Waals surface area contributed by atoms with Crippen molar-refractivity contribution in [1.82, 2.24) is 4.72 Å². The Morgan fingerprint density at radius 2 is 1.80 bits per heavy atom. The molecule has 140 valence electrons. The monoisotopic (exact) mass is 366 g/mol. The van der Waals surface area contributed by atoms with E-state index in [4.69, 9.17) is 4.74 Å². The van der Waals surface area contributed by atoms with Gasteiger partial charge in [-0.2, -0.15) is 9.98 Å². The number of ether oxygens (including phenoxy) is 1. The van der Waals surface area contributed by atoms with Crippen LogP contribution >= 0.6 is 0 Å².